The zero-order valence-electron chi connectivity index (χ0n) is 27.1. The van der Waals surface area contributed by atoms with Gasteiger partial charge in [0.15, 0.2) is 11.8 Å². The van der Waals surface area contributed by atoms with Gasteiger partial charge < -0.3 is 4.42 Å². The van der Waals surface area contributed by atoms with Crippen LogP contribution < -0.4 is 4.57 Å². The summed E-state index contributed by atoms with van der Waals surface area (Å²) >= 11 is 0. The van der Waals surface area contributed by atoms with E-state index in [0.29, 0.717) is 33.4 Å². The molecule has 3 nitrogen and oxygen atoms in total. The fourth-order valence-corrected chi connectivity index (χ4v) is 5.17. The topological polar surface area (TPSA) is 40.8 Å². The van der Waals surface area contributed by atoms with Gasteiger partial charge in [-0.2, -0.15) is 5.26 Å². The van der Waals surface area contributed by atoms with Crippen LogP contribution in [0, 0.1) is 30.5 Å². The van der Waals surface area contributed by atoms with Gasteiger partial charge in [0, 0.05) is 37.6 Å². The number of nitrogens with zero attached hydrogens (tertiary/aromatic N) is 2. The minimum atomic E-state index is -2.23. The molecule has 6 rings (SSSR count). The summed E-state index contributed by atoms with van der Waals surface area (Å²) in [6.07, 6.45) is -2.19. The average Bonchev–Trinajstić information content (AvgIpc) is 3.34. The third-order valence-electron chi connectivity index (χ3n) is 6.74. The molecule has 2 heterocycles. The van der Waals surface area contributed by atoms with Crippen LogP contribution in [0.4, 0.5) is 0 Å². The Hall–Kier alpha value is -3.90. The molecule has 3 heteroatoms. The molecule has 0 saturated heterocycles. The Balaban J connectivity index is 1.57. The van der Waals surface area contributed by atoms with Crippen molar-refractivity contribution in [2.24, 2.45) is 12.5 Å². The molecule has 0 N–H and O–H groups in total. The largest absolute Gasteiger partial charge is 0.454 e. The van der Waals surface area contributed by atoms with E-state index in [0.717, 1.165) is 27.6 Å². The summed E-state index contributed by atoms with van der Waals surface area (Å²) in [4.78, 5) is 0. The molecule has 5 aromatic rings. The first kappa shape index (κ1) is 15.2. The van der Waals surface area contributed by atoms with E-state index < -0.39 is 25.0 Å². The number of hydrogen-bond acceptors (Lipinski definition) is 2. The van der Waals surface area contributed by atoms with Gasteiger partial charge in [0.1, 0.15) is 24.3 Å². The van der Waals surface area contributed by atoms with E-state index in [2.05, 4.69) is 6.07 Å². The first-order chi connectivity index (χ1) is 19.5. The molecule has 1 aliphatic rings. The van der Waals surface area contributed by atoms with Gasteiger partial charge in [0.2, 0.25) is 5.69 Å². The Bertz CT molecular complexity index is 2000. The van der Waals surface area contributed by atoms with Gasteiger partial charge in [-0.1, -0.05) is 50.2 Å². The maximum atomic E-state index is 10.4. The molecule has 0 fully saturated rings. The highest BCUT2D eigenvalue weighted by atomic mass is 16.3. The Morgan fingerprint density at radius 3 is 2.54 bits per heavy atom. The summed E-state index contributed by atoms with van der Waals surface area (Å²) in [6, 6.07) is 18.3. The number of nitriles is 1. The van der Waals surface area contributed by atoms with Crippen molar-refractivity contribution < 1.29 is 18.6 Å². The number of rotatable bonds is 2. The maximum Gasteiger partial charge on any atom is 0.216 e. The third-order valence-corrected chi connectivity index (χ3v) is 6.74. The first-order valence-electron chi connectivity index (χ1n) is 15.1. The lowest BCUT2D eigenvalue weighted by Crippen LogP contribution is -2.31. The standard InChI is InChI=1S/C32H29N2O/c1-19-6-13-28(34(5)18-19)29-20(2)7-10-26-25-12-11-24(27(17-33)30(25)35-31(26)29)21-8-9-22-15-32(3,4)16-23(22)14-21/h6-14,18H,15-16H2,1-5H3/q+1/i1D3,15D2,16D2. The summed E-state index contributed by atoms with van der Waals surface area (Å²) < 4.78 is 66.4. The highest BCUT2D eigenvalue weighted by Crippen LogP contribution is 2.42. The van der Waals surface area contributed by atoms with Gasteiger partial charge in [-0.3, -0.25) is 0 Å². The number of aryl methyl sites for hydroxylation is 3. The highest BCUT2D eigenvalue weighted by molar-refractivity contribution is 6.12. The van der Waals surface area contributed by atoms with Crippen molar-refractivity contribution in [1.82, 2.24) is 0 Å². The Morgan fingerprint density at radius 1 is 1.00 bits per heavy atom. The monoisotopic (exact) mass is 464 g/mol. The number of hydrogen-bond donors (Lipinski definition) is 0. The summed E-state index contributed by atoms with van der Waals surface area (Å²) in [5.74, 6) is 0. The molecule has 172 valence electrons. The lowest BCUT2D eigenvalue weighted by Gasteiger charge is -2.14. The molecule has 0 unspecified atom stereocenters. The van der Waals surface area contributed by atoms with Crippen molar-refractivity contribution in [2.75, 3.05) is 0 Å². The maximum absolute atomic E-state index is 10.4. The van der Waals surface area contributed by atoms with E-state index in [9.17, 15) is 5.26 Å². The van der Waals surface area contributed by atoms with Gasteiger partial charge in [-0.15, -0.1) is 0 Å². The van der Waals surface area contributed by atoms with E-state index in [-0.39, 0.29) is 11.1 Å². The van der Waals surface area contributed by atoms with Crippen molar-refractivity contribution in [3.63, 3.8) is 0 Å². The molecule has 0 atom stereocenters. The van der Waals surface area contributed by atoms with Crippen LogP contribution in [0.3, 0.4) is 0 Å². The van der Waals surface area contributed by atoms with Gasteiger partial charge in [0.25, 0.3) is 0 Å². The molecule has 0 amide bonds. The molecule has 3 aromatic carbocycles. The van der Waals surface area contributed by atoms with E-state index in [1.165, 1.54) is 0 Å². The summed E-state index contributed by atoms with van der Waals surface area (Å²) in [6.45, 7) is 2.92. The number of pyridine rings is 1. The van der Waals surface area contributed by atoms with Gasteiger partial charge in [-0.25, -0.2) is 4.57 Å². The molecule has 0 radical (unpaired) electrons. The normalized spacial score (nSPS) is 20.6. The van der Waals surface area contributed by atoms with Crippen LogP contribution in [0.1, 0.15) is 51.3 Å². The molecule has 1 aliphatic carbocycles. The van der Waals surface area contributed by atoms with Crippen LogP contribution in [0.2, 0.25) is 0 Å². The van der Waals surface area contributed by atoms with Crippen LogP contribution in [0.25, 0.3) is 44.3 Å². The Morgan fingerprint density at radius 2 is 1.77 bits per heavy atom. The van der Waals surface area contributed by atoms with Crippen molar-refractivity contribution in [1.29, 1.82) is 5.26 Å². The van der Waals surface area contributed by atoms with E-state index in [4.69, 9.17) is 14.0 Å². The Labute approximate surface area is 216 Å². The molecule has 0 bridgehead atoms. The second-order valence-corrected chi connectivity index (χ2v) is 9.76. The van der Waals surface area contributed by atoms with Gasteiger partial charge in [-0.05, 0) is 66.3 Å². The Kier molecular flexibility index (Phi) is 3.27. The second kappa shape index (κ2) is 7.55. The molecule has 0 spiro atoms. The molecular weight excluding hydrogens is 428 g/mol. The van der Waals surface area contributed by atoms with Crippen LogP contribution in [0.15, 0.2) is 65.2 Å². The smallest absolute Gasteiger partial charge is 0.216 e. The van der Waals surface area contributed by atoms with Crippen LogP contribution in [-0.4, -0.2) is 0 Å². The predicted molar refractivity (Wildman–Crippen MR) is 141 cm³/mol. The fourth-order valence-electron chi connectivity index (χ4n) is 5.17. The molecule has 0 saturated carbocycles. The fraction of sp³-hybridized carbons (Fsp3) is 0.250. The zero-order valence-corrected chi connectivity index (χ0v) is 20.1. The SMILES string of the molecule is [2H]C([2H])([2H])c1ccc(-c2c(C)ccc3c2oc2c(C#N)c(-c4ccc5c(c4)C([2H])([2H])C(C)(C)C5([2H])[2H])ccc23)[n+](C)c1. The van der Waals surface area contributed by atoms with Crippen molar-refractivity contribution in [2.45, 2.75) is 40.4 Å². The molecule has 0 aliphatic heterocycles. The average molecular weight is 465 g/mol. The first-order valence-corrected chi connectivity index (χ1v) is 11.6. The number of benzene rings is 3. The van der Waals surface area contributed by atoms with Crippen LogP contribution >= 0.6 is 0 Å². The van der Waals surface area contributed by atoms with Crippen LogP contribution in [-0.2, 0) is 19.8 Å². The molecule has 35 heavy (non-hydrogen) atoms. The highest BCUT2D eigenvalue weighted by Gasteiger charge is 2.29. The quantitative estimate of drug-likeness (QED) is 0.256. The number of aromatic nitrogens is 1. The lowest BCUT2D eigenvalue weighted by atomic mass is 9.90. The van der Waals surface area contributed by atoms with Crippen molar-refractivity contribution in [3.05, 3.63) is 88.6 Å². The predicted octanol–water partition coefficient (Wildman–Crippen LogP) is 7.36. The minimum absolute atomic E-state index is 0.231. The second-order valence-electron chi connectivity index (χ2n) is 9.76. The molecule has 2 aromatic heterocycles. The van der Waals surface area contributed by atoms with Gasteiger partial charge >= 0.3 is 0 Å². The summed E-state index contributed by atoms with van der Waals surface area (Å²) in [7, 11) is 1.79. The van der Waals surface area contributed by atoms with Crippen LogP contribution in [0.5, 0.6) is 0 Å². The van der Waals surface area contributed by atoms with E-state index in [1.807, 2.05) is 31.2 Å². The van der Waals surface area contributed by atoms with Gasteiger partial charge in [0.05, 0.1) is 5.56 Å². The zero-order chi connectivity index (χ0) is 30.6. The summed E-state index contributed by atoms with van der Waals surface area (Å²) in [5.41, 5.74) is 4.50. The van der Waals surface area contributed by atoms with E-state index >= 15 is 0 Å². The third kappa shape index (κ3) is 3.36. The summed E-state index contributed by atoms with van der Waals surface area (Å²) in [5, 5.41) is 11.9. The number of furan rings is 1. The lowest BCUT2D eigenvalue weighted by molar-refractivity contribution is -0.660. The van der Waals surface area contributed by atoms with Crippen molar-refractivity contribution >= 4 is 21.9 Å². The number of fused-ring (bicyclic) bond motifs is 4. The van der Waals surface area contributed by atoms with E-state index in [1.54, 1.807) is 62.0 Å². The minimum Gasteiger partial charge on any atom is -0.454 e. The van der Waals surface area contributed by atoms with Crippen molar-refractivity contribution in [3.8, 4) is 28.5 Å². The molecular formula is C32H29N2O+.